The first-order chi connectivity index (χ1) is 11.2. The van der Waals surface area contributed by atoms with Gasteiger partial charge in [0.25, 0.3) is 0 Å². The third kappa shape index (κ3) is 6.59. The van der Waals surface area contributed by atoms with Gasteiger partial charge in [-0.25, -0.2) is 4.79 Å². The van der Waals surface area contributed by atoms with Gasteiger partial charge in [-0.1, -0.05) is 30.3 Å². The molecule has 9 heteroatoms. The van der Waals surface area contributed by atoms with E-state index < -0.39 is 0 Å². The lowest BCUT2D eigenvalue weighted by Gasteiger charge is -2.41. The van der Waals surface area contributed by atoms with Gasteiger partial charge in [0.05, 0.1) is 18.8 Å². The van der Waals surface area contributed by atoms with E-state index in [4.69, 9.17) is 9.53 Å². The largest absolute Gasteiger partial charge is 0.373 e. The molecule has 0 radical (unpaired) electrons. The quantitative estimate of drug-likeness (QED) is 0.354. The van der Waals surface area contributed by atoms with Crippen LogP contribution >= 0.6 is 60.6 Å². The van der Waals surface area contributed by atoms with Crippen LogP contribution in [0.2, 0.25) is 0 Å². The average molecular weight is 580 g/mol. The monoisotopic (exact) mass is 580 g/mol. The van der Waals surface area contributed by atoms with Crippen LogP contribution in [-0.2, 0) is 16.1 Å². The zero-order valence-corrected chi connectivity index (χ0v) is 18.5. The number of nitrogens with zero attached hydrogens (tertiary/aromatic N) is 2. The van der Waals surface area contributed by atoms with E-state index in [-0.39, 0.29) is 18.2 Å². The highest BCUT2D eigenvalue weighted by atomic mass is 127. The Hall–Kier alpha value is 0.280. The van der Waals surface area contributed by atoms with E-state index in [0.29, 0.717) is 6.61 Å². The molecule has 0 N–H and O–H groups in total. The zero-order valence-electron chi connectivity index (χ0n) is 12.6. The van der Waals surface area contributed by atoms with E-state index in [1.807, 2.05) is 29.3 Å². The molecule has 0 spiro atoms. The lowest BCUT2D eigenvalue weighted by Crippen LogP contribution is -2.49. The van der Waals surface area contributed by atoms with E-state index >= 15 is 0 Å². The number of halogens is 2. The van der Waals surface area contributed by atoms with Crippen molar-refractivity contribution in [1.82, 2.24) is 8.61 Å². The fourth-order valence-electron chi connectivity index (χ4n) is 2.06. The fraction of sp³-hybridized carbons (Fsp3) is 0.429. The van der Waals surface area contributed by atoms with Crippen molar-refractivity contribution in [3.63, 3.8) is 0 Å². The summed E-state index contributed by atoms with van der Waals surface area (Å²) >= 11 is 4.28. The topological polar surface area (TPSA) is 49.9 Å². The lowest BCUT2D eigenvalue weighted by molar-refractivity contribution is -0.0980. The van der Waals surface area contributed by atoms with E-state index in [1.54, 1.807) is 11.4 Å². The van der Waals surface area contributed by atoms with Crippen LogP contribution < -0.4 is 0 Å². The molecule has 23 heavy (non-hydrogen) atoms. The smallest absolute Gasteiger partial charge is 0.341 e. The fourth-order valence-corrected chi connectivity index (χ4v) is 4.70. The highest BCUT2D eigenvalue weighted by Crippen LogP contribution is 2.37. The van der Waals surface area contributed by atoms with Crippen LogP contribution in [0.15, 0.2) is 30.3 Å². The summed E-state index contributed by atoms with van der Waals surface area (Å²) < 4.78 is 9.37. The summed E-state index contributed by atoms with van der Waals surface area (Å²) in [5.41, 5.74) is 1.19. The van der Waals surface area contributed by atoms with Crippen LogP contribution in [0, 0.1) is 0 Å². The summed E-state index contributed by atoms with van der Waals surface area (Å²) in [7, 11) is 4.66. The van der Waals surface area contributed by atoms with E-state index in [9.17, 15) is 4.79 Å². The molecule has 0 aromatic heterocycles. The molecule has 0 unspecified atom stereocenters. The van der Waals surface area contributed by atoms with Gasteiger partial charge in [-0.3, -0.25) is 8.61 Å². The summed E-state index contributed by atoms with van der Waals surface area (Å²) in [5.74, 6) is 0. The van der Waals surface area contributed by atoms with Gasteiger partial charge in [-0.15, -0.1) is 0 Å². The average Bonchev–Trinajstić information content (AvgIpc) is 2.58. The Morgan fingerprint density at radius 1 is 1.26 bits per heavy atom. The van der Waals surface area contributed by atoms with Crippen LogP contribution in [0.4, 0.5) is 4.79 Å². The summed E-state index contributed by atoms with van der Waals surface area (Å²) in [5, 5.41) is 0. The number of urea groups is 1. The Bertz CT molecular complexity index is 478. The maximum Gasteiger partial charge on any atom is 0.341 e. The molecule has 1 aromatic rings. The Labute approximate surface area is 169 Å². The number of ether oxygens (including phenoxy) is 1. The molecule has 0 bridgehead atoms. The number of hydrogen-bond acceptors (Lipinski definition) is 5. The van der Waals surface area contributed by atoms with Crippen molar-refractivity contribution in [3.05, 3.63) is 35.9 Å². The Morgan fingerprint density at radius 3 is 2.39 bits per heavy atom. The molecule has 128 valence electrons. The minimum atomic E-state index is 0.0420. The van der Waals surface area contributed by atoms with Crippen molar-refractivity contribution in [2.45, 2.75) is 31.6 Å². The summed E-state index contributed by atoms with van der Waals surface area (Å²) in [6, 6.07) is 10.5. The number of carbonyl (C=O) groups is 2. The predicted molar refractivity (Wildman–Crippen MR) is 113 cm³/mol. The highest BCUT2D eigenvalue weighted by molar-refractivity contribution is 14.2. The van der Waals surface area contributed by atoms with Crippen molar-refractivity contribution in [2.75, 3.05) is 7.05 Å². The third-order valence-electron chi connectivity index (χ3n) is 3.37. The van der Waals surface area contributed by atoms with Gasteiger partial charge in [-0.05, 0) is 18.4 Å². The van der Waals surface area contributed by atoms with Gasteiger partial charge >= 0.3 is 6.03 Å². The number of benzene rings is 1. The normalized spacial score (nSPS) is 19.1. The minimum absolute atomic E-state index is 0.0420. The standard InChI is InChI=1S/C13H16I2N2O2S2.CH2O/c1-16(20-14)13(18)17(21-15)11-7-12(8-11)19-9-10-5-3-2-4-6-10;1-2/h2-6,11-12H,7-9H2,1H3;1H2. The van der Waals surface area contributed by atoms with E-state index in [1.165, 1.54) is 23.8 Å². The molecule has 1 aliphatic rings. The number of hydrogen-bond donors (Lipinski definition) is 0. The molecule has 1 aromatic carbocycles. The molecule has 0 saturated heterocycles. The molecular formula is C14H18I2N2O3S2. The Kier molecular flexibility index (Phi) is 10.9. The van der Waals surface area contributed by atoms with Crippen molar-refractivity contribution >= 4 is 73.5 Å². The van der Waals surface area contributed by atoms with Crippen LogP contribution in [-0.4, -0.2) is 40.6 Å². The molecule has 0 heterocycles. The molecule has 2 rings (SSSR count). The Balaban J connectivity index is 0.00000127. The summed E-state index contributed by atoms with van der Waals surface area (Å²) in [6.45, 7) is 2.65. The molecule has 0 atom stereocenters. The zero-order chi connectivity index (χ0) is 17.2. The number of rotatable bonds is 6. The third-order valence-corrected chi connectivity index (χ3v) is 7.38. The maximum atomic E-state index is 12.2. The van der Waals surface area contributed by atoms with E-state index in [2.05, 4.69) is 54.5 Å². The minimum Gasteiger partial charge on any atom is -0.373 e. The van der Waals surface area contributed by atoms with Crippen LogP contribution in [0.5, 0.6) is 0 Å². The maximum absolute atomic E-state index is 12.2. The van der Waals surface area contributed by atoms with Crippen LogP contribution in [0.1, 0.15) is 18.4 Å². The number of carbonyl (C=O) groups excluding carboxylic acids is 2. The van der Waals surface area contributed by atoms with Crippen molar-refractivity contribution < 1.29 is 14.3 Å². The first kappa shape index (κ1) is 21.3. The van der Waals surface area contributed by atoms with Gasteiger partial charge in [0.2, 0.25) is 0 Å². The van der Waals surface area contributed by atoms with Crippen LogP contribution in [0.25, 0.3) is 0 Å². The predicted octanol–water partition coefficient (Wildman–Crippen LogP) is 4.90. The van der Waals surface area contributed by atoms with E-state index in [0.717, 1.165) is 12.8 Å². The van der Waals surface area contributed by atoms with Gasteiger partial charge < -0.3 is 9.53 Å². The van der Waals surface area contributed by atoms with Crippen molar-refractivity contribution in [2.24, 2.45) is 0 Å². The molecular weight excluding hydrogens is 562 g/mol. The molecule has 1 fully saturated rings. The SMILES string of the molecule is C=O.CN(SI)C(=O)N(SI)C1CC(OCc2ccccc2)C1. The summed E-state index contributed by atoms with van der Waals surface area (Å²) in [4.78, 5) is 20.2. The second kappa shape index (κ2) is 11.8. The molecule has 1 aliphatic carbocycles. The second-order valence-corrected chi connectivity index (χ2v) is 8.37. The first-order valence-corrected chi connectivity index (χ1v) is 13.4. The first-order valence-electron chi connectivity index (χ1n) is 6.74. The van der Waals surface area contributed by atoms with Gasteiger partial charge in [0.1, 0.15) is 6.79 Å². The van der Waals surface area contributed by atoms with Crippen molar-refractivity contribution in [3.8, 4) is 0 Å². The van der Waals surface area contributed by atoms with Crippen LogP contribution in [0.3, 0.4) is 0 Å². The van der Waals surface area contributed by atoms with Gasteiger partial charge in [-0.2, -0.15) is 0 Å². The number of amides is 2. The molecule has 2 amide bonds. The van der Waals surface area contributed by atoms with Gasteiger partial charge in [0, 0.05) is 67.7 Å². The highest BCUT2D eigenvalue weighted by Gasteiger charge is 2.38. The van der Waals surface area contributed by atoms with Gasteiger partial charge in [0.15, 0.2) is 0 Å². The second-order valence-electron chi connectivity index (χ2n) is 4.79. The lowest BCUT2D eigenvalue weighted by atomic mass is 9.89. The molecule has 1 saturated carbocycles. The molecule has 5 nitrogen and oxygen atoms in total. The summed E-state index contributed by atoms with van der Waals surface area (Å²) in [6.07, 6.45) is 2.08. The molecule has 0 aliphatic heterocycles. The van der Waals surface area contributed by atoms with Crippen molar-refractivity contribution in [1.29, 1.82) is 0 Å². The Morgan fingerprint density at radius 2 is 1.87 bits per heavy atom.